The van der Waals surface area contributed by atoms with E-state index in [2.05, 4.69) is 16.5 Å². The first-order valence-electron chi connectivity index (χ1n) is 13.6. The smallest absolute Gasteiger partial charge is 0.322 e. The van der Waals surface area contributed by atoms with Crippen LogP contribution < -0.4 is 11.1 Å². The minimum atomic E-state index is -0.766. The van der Waals surface area contributed by atoms with Crippen molar-refractivity contribution in [3.05, 3.63) is 105 Å². The van der Waals surface area contributed by atoms with Crippen molar-refractivity contribution in [1.29, 1.82) is 0 Å². The Morgan fingerprint density at radius 2 is 1.79 bits per heavy atom. The molecule has 3 heterocycles. The highest BCUT2D eigenvalue weighted by atomic mass is 35.5. The van der Waals surface area contributed by atoms with Gasteiger partial charge in [0.1, 0.15) is 5.75 Å². The third kappa shape index (κ3) is 4.55. The Morgan fingerprint density at radius 1 is 1.05 bits per heavy atom. The molecular weight excluding hydrogens is 554 g/mol. The maximum absolute atomic E-state index is 13.9. The van der Waals surface area contributed by atoms with Crippen LogP contribution >= 0.6 is 11.6 Å². The molecule has 3 aromatic carbocycles. The molecule has 212 valence electrons. The number of benzene rings is 3. The fourth-order valence-electron chi connectivity index (χ4n) is 5.67. The summed E-state index contributed by atoms with van der Waals surface area (Å²) in [5.74, 6) is 0.0623. The molecule has 42 heavy (non-hydrogen) atoms. The number of fused-ring (bicyclic) bond motifs is 2. The standard InChI is InChI=1S/C32H28ClN5O4/c1-4-28(40)36-15-19(16-36)17-37-26-14-25(33)24(23-12-21(39)11-20-7-5-6-8-22(20)23)13-27(26)38(32(42)31(37)41)30-29(18(2)3)34-9-10-35-30/h4-14,18-19,39H,1,15-17H2,2-3H3. The number of phenols is 1. The van der Waals surface area contributed by atoms with Gasteiger partial charge in [-0.2, -0.15) is 0 Å². The van der Waals surface area contributed by atoms with Crippen molar-refractivity contribution >= 4 is 39.3 Å². The van der Waals surface area contributed by atoms with E-state index in [1.165, 1.54) is 21.4 Å². The molecule has 0 unspecified atom stereocenters. The van der Waals surface area contributed by atoms with Crippen molar-refractivity contribution in [2.75, 3.05) is 13.1 Å². The van der Waals surface area contributed by atoms with Crippen LogP contribution in [0.25, 0.3) is 38.8 Å². The van der Waals surface area contributed by atoms with E-state index in [0.717, 1.165) is 10.8 Å². The second-order valence-electron chi connectivity index (χ2n) is 10.8. The highest BCUT2D eigenvalue weighted by Crippen LogP contribution is 2.39. The molecule has 9 nitrogen and oxygen atoms in total. The Labute approximate surface area is 246 Å². The molecule has 0 radical (unpaired) electrons. The first-order valence-corrected chi connectivity index (χ1v) is 14.0. The summed E-state index contributed by atoms with van der Waals surface area (Å²) in [5, 5.41) is 12.6. The van der Waals surface area contributed by atoms with Gasteiger partial charge in [0.2, 0.25) is 5.91 Å². The van der Waals surface area contributed by atoms with E-state index in [4.69, 9.17) is 11.6 Å². The summed E-state index contributed by atoms with van der Waals surface area (Å²) in [5.41, 5.74) is 1.21. The molecule has 0 saturated carbocycles. The number of carbonyl (C=O) groups is 1. The monoisotopic (exact) mass is 581 g/mol. The third-order valence-electron chi connectivity index (χ3n) is 7.71. The number of nitrogens with zero attached hydrogens (tertiary/aromatic N) is 5. The molecule has 1 saturated heterocycles. The molecule has 1 fully saturated rings. The molecule has 2 aromatic heterocycles. The van der Waals surface area contributed by atoms with Gasteiger partial charge >= 0.3 is 11.1 Å². The molecular formula is C32H28ClN5O4. The van der Waals surface area contributed by atoms with E-state index in [0.29, 0.717) is 46.0 Å². The maximum atomic E-state index is 13.9. The van der Waals surface area contributed by atoms with Crippen LogP contribution in [0.2, 0.25) is 5.02 Å². The highest BCUT2D eigenvalue weighted by molar-refractivity contribution is 6.34. The van der Waals surface area contributed by atoms with Crippen molar-refractivity contribution in [3.63, 3.8) is 0 Å². The second kappa shape index (κ2) is 10.6. The van der Waals surface area contributed by atoms with Gasteiger partial charge in [0.05, 0.1) is 21.7 Å². The Balaban J connectivity index is 1.64. The Kier molecular flexibility index (Phi) is 6.90. The lowest BCUT2D eigenvalue weighted by atomic mass is 9.96. The van der Waals surface area contributed by atoms with E-state index >= 15 is 0 Å². The van der Waals surface area contributed by atoms with Crippen LogP contribution in [0, 0.1) is 5.92 Å². The van der Waals surface area contributed by atoms with Gasteiger partial charge in [-0.25, -0.2) is 4.98 Å². The van der Waals surface area contributed by atoms with Crippen molar-refractivity contribution in [1.82, 2.24) is 24.0 Å². The second-order valence-corrected chi connectivity index (χ2v) is 11.2. The Hall–Kier alpha value is -4.76. The van der Waals surface area contributed by atoms with Gasteiger partial charge in [-0.15, -0.1) is 0 Å². The minimum Gasteiger partial charge on any atom is -0.508 e. The van der Waals surface area contributed by atoms with Crippen LogP contribution in [0.1, 0.15) is 25.5 Å². The summed E-state index contributed by atoms with van der Waals surface area (Å²) in [6, 6.07) is 14.4. The third-order valence-corrected chi connectivity index (χ3v) is 8.03. The quantitative estimate of drug-likeness (QED) is 0.226. The molecule has 1 N–H and O–H groups in total. The first-order chi connectivity index (χ1) is 20.2. The molecule has 0 aliphatic carbocycles. The van der Waals surface area contributed by atoms with Crippen molar-refractivity contribution in [2.24, 2.45) is 5.92 Å². The van der Waals surface area contributed by atoms with Crippen LogP contribution in [0.5, 0.6) is 5.75 Å². The number of rotatable bonds is 6. The SMILES string of the molecule is C=CC(=O)N1CC(Cn2c(=O)c(=O)n(-c3nccnc3C(C)C)c3cc(-c4cc(O)cc5ccccc45)c(Cl)cc32)C1. The predicted molar refractivity (Wildman–Crippen MR) is 163 cm³/mol. The number of phenolic OH excluding ortho intramolecular Hbond substituents is 1. The topological polar surface area (TPSA) is 110 Å². The molecule has 6 rings (SSSR count). The number of carbonyl (C=O) groups excluding carboxylic acids is 1. The van der Waals surface area contributed by atoms with Gasteiger partial charge in [0.25, 0.3) is 0 Å². The van der Waals surface area contributed by atoms with E-state index < -0.39 is 11.1 Å². The summed E-state index contributed by atoms with van der Waals surface area (Å²) >= 11 is 6.93. The van der Waals surface area contributed by atoms with E-state index in [1.807, 2.05) is 38.1 Å². The highest BCUT2D eigenvalue weighted by Gasteiger charge is 2.31. The zero-order valence-corrected chi connectivity index (χ0v) is 23.9. The minimum absolute atomic E-state index is 0.0266. The normalized spacial score (nSPS) is 13.6. The zero-order chi connectivity index (χ0) is 29.7. The van der Waals surface area contributed by atoms with E-state index in [1.54, 1.807) is 35.4 Å². The fraction of sp³-hybridized carbons (Fsp3) is 0.219. The molecule has 0 spiro atoms. The van der Waals surface area contributed by atoms with Crippen molar-refractivity contribution in [2.45, 2.75) is 26.3 Å². The summed E-state index contributed by atoms with van der Waals surface area (Å²) in [4.78, 5) is 50.2. The predicted octanol–water partition coefficient (Wildman–Crippen LogP) is 4.89. The lowest BCUT2D eigenvalue weighted by Gasteiger charge is -2.39. The van der Waals surface area contributed by atoms with E-state index in [9.17, 15) is 19.5 Å². The number of likely N-dealkylation sites (tertiary alicyclic amines) is 1. The molecule has 1 aliphatic heterocycles. The molecule has 10 heteroatoms. The number of hydrogen-bond acceptors (Lipinski definition) is 6. The van der Waals surface area contributed by atoms with Gasteiger partial charge in [-0.05, 0) is 52.6 Å². The number of aromatic hydroxyl groups is 1. The van der Waals surface area contributed by atoms with Gasteiger partial charge in [0.15, 0.2) is 5.82 Å². The van der Waals surface area contributed by atoms with Gasteiger partial charge in [-0.3, -0.25) is 23.9 Å². The van der Waals surface area contributed by atoms with Crippen molar-refractivity contribution in [3.8, 4) is 22.7 Å². The van der Waals surface area contributed by atoms with Crippen LogP contribution in [-0.2, 0) is 11.3 Å². The Bertz CT molecular complexity index is 2020. The zero-order valence-electron chi connectivity index (χ0n) is 23.1. The Morgan fingerprint density at radius 3 is 2.52 bits per heavy atom. The summed E-state index contributed by atoms with van der Waals surface area (Å²) < 4.78 is 2.76. The number of halogens is 1. The summed E-state index contributed by atoms with van der Waals surface area (Å²) in [6.07, 6.45) is 4.31. The van der Waals surface area contributed by atoms with Crippen molar-refractivity contribution < 1.29 is 9.90 Å². The molecule has 1 amide bonds. The number of amides is 1. The molecule has 5 aromatic rings. The van der Waals surface area contributed by atoms with Gasteiger partial charge < -0.3 is 14.6 Å². The summed E-state index contributed by atoms with van der Waals surface area (Å²) in [7, 11) is 0. The average molecular weight is 582 g/mol. The van der Waals surface area contributed by atoms with Crippen LogP contribution in [-0.4, -0.2) is 48.1 Å². The largest absolute Gasteiger partial charge is 0.508 e. The lowest BCUT2D eigenvalue weighted by Crippen LogP contribution is -2.52. The maximum Gasteiger partial charge on any atom is 0.322 e. The van der Waals surface area contributed by atoms with Gasteiger partial charge in [-0.1, -0.05) is 56.3 Å². The fourth-order valence-corrected chi connectivity index (χ4v) is 5.93. The first kappa shape index (κ1) is 27.4. The molecule has 1 aliphatic rings. The molecule has 0 bridgehead atoms. The van der Waals surface area contributed by atoms with Crippen LogP contribution in [0.15, 0.2) is 83.2 Å². The van der Waals surface area contributed by atoms with Crippen LogP contribution in [0.3, 0.4) is 0 Å². The lowest BCUT2D eigenvalue weighted by molar-refractivity contribution is -0.132. The van der Waals surface area contributed by atoms with Gasteiger partial charge in [0, 0.05) is 43.5 Å². The van der Waals surface area contributed by atoms with Crippen LogP contribution in [0.4, 0.5) is 0 Å². The number of aromatic nitrogens is 4. The average Bonchev–Trinajstić information content (AvgIpc) is 2.96. The summed E-state index contributed by atoms with van der Waals surface area (Å²) in [6.45, 7) is 8.54. The number of hydrogen-bond donors (Lipinski definition) is 1. The van der Waals surface area contributed by atoms with E-state index in [-0.39, 0.29) is 35.9 Å². The molecule has 0 atom stereocenters.